The highest BCUT2D eigenvalue weighted by Gasteiger charge is 2.17. The van der Waals surface area contributed by atoms with Gasteiger partial charge in [0, 0.05) is 23.3 Å². The topological polar surface area (TPSA) is 20.3 Å². The highest BCUT2D eigenvalue weighted by molar-refractivity contribution is 9.10. The number of rotatable bonds is 3. The lowest BCUT2D eigenvalue weighted by molar-refractivity contribution is -0.128. The maximum Gasteiger partial charge on any atom is 0.232 e. The van der Waals surface area contributed by atoms with Crippen LogP contribution in [-0.2, 0) is 11.2 Å². The van der Waals surface area contributed by atoms with Crippen molar-refractivity contribution in [3.63, 3.8) is 0 Å². The molecule has 0 N–H and O–H groups in total. The lowest BCUT2D eigenvalue weighted by Crippen LogP contribution is -2.39. The summed E-state index contributed by atoms with van der Waals surface area (Å²) in [5, 5.41) is 0. The Morgan fingerprint density at radius 3 is 2.75 bits per heavy atom. The summed E-state index contributed by atoms with van der Waals surface area (Å²) in [6.07, 6.45) is 0.948. The zero-order chi connectivity index (χ0) is 11.4. The van der Waals surface area contributed by atoms with E-state index in [1.54, 1.807) is 11.8 Å². The molecule has 0 radical (unpaired) electrons. The largest absolute Gasteiger partial charge is 0.341 e. The van der Waals surface area contributed by atoms with Crippen LogP contribution in [0.25, 0.3) is 0 Å². The first-order valence-corrected chi connectivity index (χ1v) is 7.30. The summed E-state index contributed by atoms with van der Waals surface area (Å²) < 4.78 is 1.10. The first-order chi connectivity index (χ1) is 7.75. The van der Waals surface area contributed by atoms with E-state index in [4.69, 9.17) is 0 Å². The Bertz CT molecular complexity index is 366. The molecule has 0 saturated carbocycles. The van der Waals surface area contributed by atoms with Crippen LogP contribution in [0, 0.1) is 0 Å². The molecule has 2 nitrogen and oxygen atoms in total. The van der Waals surface area contributed by atoms with Crippen LogP contribution in [0.1, 0.15) is 5.56 Å². The molecule has 1 amide bonds. The Hall–Kier alpha value is -0.480. The van der Waals surface area contributed by atoms with Crippen molar-refractivity contribution in [3.8, 4) is 0 Å². The van der Waals surface area contributed by atoms with Gasteiger partial charge in [0.05, 0.1) is 5.75 Å². The van der Waals surface area contributed by atoms with Gasteiger partial charge in [-0.05, 0) is 24.1 Å². The fourth-order valence-corrected chi connectivity index (χ4v) is 2.82. The van der Waals surface area contributed by atoms with Crippen LogP contribution in [-0.4, -0.2) is 35.4 Å². The number of benzene rings is 1. The minimum atomic E-state index is 0.286. The second-order valence-electron chi connectivity index (χ2n) is 3.81. The first kappa shape index (κ1) is 12.0. The zero-order valence-corrected chi connectivity index (χ0v) is 11.4. The van der Waals surface area contributed by atoms with Crippen molar-refractivity contribution < 1.29 is 4.79 Å². The molecule has 4 heteroatoms. The molecule has 0 bridgehead atoms. The molecular formula is C12H14BrNOS. The number of carbonyl (C=O) groups is 1. The van der Waals surface area contributed by atoms with Crippen LogP contribution in [0.2, 0.25) is 0 Å². The smallest absolute Gasteiger partial charge is 0.232 e. The first-order valence-electron chi connectivity index (χ1n) is 5.35. The van der Waals surface area contributed by atoms with Crippen molar-refractivity contribution in [3.05, 3.63) is 34.3 Å². The van der Waals surface area contributed by atoms with E-state index in [0.717, 1.165) is 29.7 Å². The summed E-state index contributed by atoms with van der Waals surface area (Å²) in [6.45, 7) is 1.75. The maximum absolute atomic E-state index is 11.6. The third-order valence-corrected chi connectivity index (χ3v) is 4.12. The number of nitrogens with zero attached hydrogens (tertiary/aromatic N) is 1. The van der Waals surface area contributed by atoms with Gasteiger partial charge in [0.25, 0.3) is 0 Å². The number of hydrogen-bond donors (Lipinski definition) is 0. The van der Waals surface area contributed by atoms with Gasteiger partial charge in [0.1, 0.15) is 0 Å². The normalized spacial score (nSPS) is 16.6. The Labute approximate surface area is 109 Å². The maximum atomic E-state index is 11.6. The van der Waals surface area contributed by atoms with Crippen molar-refractivity contribution in [1.82, 2.24) is 4.90 Å². The predicted octanol–water partition coefficient (Wildman–Crippen LogP) is 2.57. The second-order valence-corrected chi connectivity index (χ2v) is 5.83. The van der Waals surface area contributed by atoms with E-state index in [2.05, 4.69) is 28.1 Å². The third-order valence-electron chi connectivity index (χ3n) is 2.67. The number of carbonyl (C=O) groups excluding carboxylic acids is 1. The van der Waals surface area contributed by atoms with Gasteiger partial charge >= 0.3 is 0 Å². The fraction of sp³-hybridized carbons (Fsp3) is 0.417. The molecule has 1 aromatic carbocycles. The van der Waals surface area contributed by atoms with E-state index in [1.165, 1.54) is 5.56 Å². The lowest BCUT2D eigenvalue weighted by atomic mass is 10.1. The molecule has 0 unspecified atom stereocenters. The Morgan fingerprint density at radius 1 is 1.31 bits per heavy atom. The van der Waals surface area contributed by atoms with Gasteiger partial charge < -0.3 is 4.90 Å². The molecule has 0 aliphatic carbocycles. The average molecular weight is 300 g/mol. The van der Waals surface area contributed by atoms with Gasteiger partial charge in [-0.2, -0.15) is 11.8 Å². The van der Waals surface area contributed by atoms with Crippen molar-refractivity contribution in [2.45, 2.75) is 6.42 Å². The molecule has 1 aliphatic heterocycles. The molecule has 1 heterocycles. The van der Waals surface area contributed by atoms with Crippen molar-refractivity contribution >= 4 is 33.6 Å². The minimum Gasteiger partial charge on any atom is -0.341 e. The predicted molar refractivity (Wildman–Crippen MR) is 71.8 cm³/mol. The Kier molecular flexibility index (Phi) is 4.29. The van der Waals surface area contributed by atoms with Crippen LogP contribution < -0.4 is 0 Å². The van der Waals surface area contributed by atoms with Gasteiger partial charge in [-0.1, -0.05) is 28.1 Å². The van der Waals surface area contributed by atoms with E-state index >= 15 is 0 Å². The number of hydrogen-bond acceptors (Lipinski definition) is 2. The van der Waals surface area contributed by atoms with Gasteiger partial charge in [-0.15, -0.1) is 0 Å². The summed E-state index contributed by atoms with van der Waals surface area (Å²) in [5.74, 6) is 2.01. The van der Waals surface area contributed by atoms with Crippen molar-refractivity contribution in [2.75, 3.05) is 24.6 Å². The monoisotopic (exact) mass is 299 g/mol. The van der Waals surface area contributed by atoms with Gasteiger partial charge in [-0.25, -0.2) is 0 Å². The molecule has 1 aromatic rings. The Morgan fingerprint density at radius 2 is 2.06 bits per heavy atom. The summed E-state index contributed by atoms with van der Waals surface area (Å²) in [6, 6.07) is 8.30. The molecule has 16 heavy (non-hydrogen) atoms. The zero-order valence-electron chi connectivity index (χ0n) is 8.99. The molecule has 1 fully saturated rings. The minimum absolute atomic E-state index is 0.286. The fourth-order valence-electron chi connectivity index (χ4n) is 1.70. The summed E-state index contributed by atoms with van der Waals surface area (Å²) in [4.78, 5) is 13.5. The van der Waals surface area contributed by atoms with Crippen LogP contribution in [0.4, 0.5) is 0 Å². The van der Waals surface area contributed by atoms with Crippen LogP contribution >= 0.6 is 27.7 Å². The number of halogens is 1. The quantitative estimate of drug-likeness (QED) is 0.855. The van der Waals surface area contributed by atoms with E-state index in [9.17, 15) is 4.79 Å². The number of thioether (sulfide) groups is 1. The van der Waals surface area contributed by atoms with Gasteiger partial charge in [-0.3, -0.25) is 4.79 Å². The highest BCUT2D eigenvalue weighted by atomic mass is 79.9. The molecule has 2 rings (SSSR count). The molecule has 0 spiro atoms. The van der Waals surface area contributed by atoms with E-state index < -0.39 is 0 Å². The summed E-state index contributed by atoms with van der Waals surface area (Å²) in [7, 11) is 0. The summed E-state index contributed by atoms with van der Waals surface area (Å²) in [5.41, 5.74) is 1.29. The highest BCUT2D eigenvalue weighted by Crippen LogP contribution is 2.13. The second kappa shape index (κ2) is 5.73. The van der Waals surface area contributed by atoms with Crippen molar-refractivity contribution in [2.24, 2.45) is 0 Å². The van der Waals surface area contributed by atoms with E-state index in [-0.39, 0.29) is 5.91 Å². The molecule has 86 valence electrons. The SMILES string of the molecule is O=C1CSCCN1CCc1ccc(Br)cc1. The van der Waals surface area contributed by atoms with Crippen molar-refractivity contribution in [1.29, 1.82) is 0 Å². The van der Waals surface area contributed by atoms with Crippen LogP contribution in [0.15, 0.2) is 28.7 Å². The van der Waals surface area contributed by atoms with Gasteiger partial charge in [0.15, 0.2) is 0 Å². The third kappa shape index (κ3) is 3.25. The standard InChI is InChI=1S/C12H14BrNOS/c13-11-3-1-10(2-4-11)5-6-14-7-8-16-9-12(14)15/h1-4H,5-9H2. The molecule has 0 aromatic heterocycles. The molecule has 0 atom stereocenters. The lowest BCUT2D eigenvalue weighted by Gasteiger charge is -2.26. The molecule has 1 aliphatic rings. The number of amides is 1. The van der Waals surface area contributed by atoms with Crippen LogP contribution in [0.3, 0.4) is 0 Å². The molecule has 1 saturated heterocycles. The van der Waals surface area contributed by atoms with Crippen LogP contribution in [0.5, 0.6) is 0 Å². The summed E-state index contributed by atoms with van der Waals surface area (Å²) >= 11 is 5.15. The molecular weight excluding hydrogens is 286 g/mol. The van der Waals surface area contributed by atoms with E-state index in [0.29, 0.717) is 5.75 Å². The average Bonchev–Trinajstić information content (AvgIpc) is 2.30. The van der Waals surface area contributed by atoms with Gasteiger partial charge in [0.2, 0.25) is 5.91 Å². The van der Waals surface area contributed by atoms with E-state index in [1.807, 2.05) is 17.0 Å². The Balaban J connectivity index is 1.86.